The van der Waals surface area contributed by atoms with Gasteiger partial charge in [-0.05, 0) is 73.4 Å². The maximum absolute atomic E-state index is 12.8. The van der Waals surface area contributed by atoms with Gasteiger partial charge in [-0.2, -0.15) is 0 Å². The van der Waals surface area contributed by atoms with Crippen molar-refractivity contribution in [3.05, 3.63) is 65.2 Å². The normalized spacial score (nSPS) is 28.4. The van der Waals surface area contributed by atoms with E-state index >= 15 is 0 Å². The molecule has 0 bridgehead atoms. The monoisotopic (exact) mass is 453 g/mol. The fourth-order valence-corrected chi connectivity index (χ4v) is 5.28. The zero-order valence-corrected chi connectivity index (χ0v) is 18.0. The van der Waals surface area contributed by atoms with Gasteiger partial charge in [-0.1, -0.05) is 36.4 Å². The van der Waals surface area contributed by atoms with Crippen molar-refractivity contribution < 1.29 is 22.6 Å². The predicted octanol–water partition coefficient (Wildman–Crippen LogP) is 6.25. The molecule has 2 aliphatic heterocycles. The fourth-order valence-electron chi connectivity index (χ4n) is 5.28. The van der Waals surface area contributed by atoms with Crippen LogP contribution in [0.25, 0.3) is 0 Å². The van der Waals surface area contributed by atoms with Gasteiger partial charge in [-0.25, -0.2) is 0 Å². The highest BCUT2D eigenvalue weighted by Crippen LogP contribution is 2.51. The van der Waals surface area contributed by atoms with Gasteiger partial charge in [0.15, 0.2) is 0 Å². The van der Waals surface area contributed by atoms with Gasteiger partial charge in [0.2, 0.25) is 0 Å². The first-order valence-corrected chi connectivity index (χ1v) is 10.8. The summed E-state index contributed by atoms with van der Waals surface area (Å²) in [6.45, 7) is 1.47. The molecule has 3 fully saturated rings. The van der Waals surface area contributed by atoms with Crippen LogP contribution >= 0.6 is 12.4 Å². The number of ether oxygens (including phenoxy) is 2. The highest BCUT2D eigenvalue weighted by Gasteiger charge is 2.49. The Hall–Kier alpha value is -1.76. The summed E-state index contributed by atoms with van der Waals surface area (Å²) >= 11 is 0. The van der Waals surface area contributed by atoms with Gasteiger partial charge in [0.25, 0.3) is 0 Å². The molecule has 2 aromatic rings. The van der Waals surface area contributed by atoms with Gasteiger partial charge in [0, 0.05) is 5.92 Å². The number of nitrogens with one attached hydrogen (secondary N) is 1. The standard InChI is InChI=1S/C24H26F3NO2.ClH/c25-24(26,27)30-19-9-10-20(16-7-8-16)21(13-19)18-14-23(29-15-18)11-4-12-28-22(23)17-5-2-1-3-6-17;/h1-3,5-6,9-10,13,16,18,22,28H,4,7-8,11-12,14-15H2;1H/t18-,22+,23-;/m1./s1. The van der Waals surface area contributed by atoms with Crippen molar-refractivity contribution >= 4 is 12.4 Å². The molecular weight excluding hydrogens is 427 g/mol. The van der Waals surface area contributed by atoms with E-state index in [1.165, 1.54) is 11.6 Å². The van der Waals surface area contributed by atoms with Crippen molar-refractivity contribution in [1.29, 1.82) is 0 Å². The Morgan fingerprint density at radius 1 is 1.00 bits per heavy atom. The minimum Gasteiger partial charge on any atom is -0.406 e. The van der Waals surface area contributed by atoms with E-state index in [9.17, 15) is 13.2 Å². The number of alkyl halides is 3. The summed E-state index contributed by atoms with van der Waals surface area (Å²) in [6, 6.07) is 15.3. The van der Waals surface area contributed by atoms with Gasteiger partial charge in [0.1, 0.15) is 5.75 Å². The average molecular weight is 454 g/mol. The third kappa shape index (κ3) is 4.71. The summed E-state index contributed by atoms with van der Waals surface area (Å²) in [5.41, 5.74) is 3.00. The maximum Gasteiger partial charge on any atom is 0.573 e. The van der Waals surface area contributed by atoms with Gasteiger partial charge in [-0.15, -0.1) is 25.6 Å². The number of piperidine rings is 1. The minimum absolute atomic E-state index is 0. The SMILES string of the molecule is Cl.FC(F)(F)Oc1ccc(C2CC2)c([C@H]2CO[C@]3(CCCN[C@H]3c3ccccc3)C2)c1. The lowest BCUT2D eigenvalue weighted by Crippen LogP contribution is -2.48. The first kappa shape index (κ1) is 22.4. The van der Waals surface area contributed by atoms with E-state index in [4.69, 9.17) is 4.74 Å². The molecule has 5 rings (SSSR count). The van der Waals surface area contributed by atoms with Gasteiger partial charge >= 0.3 is 6.36 Å². The fraction of sp³-hybridized carbons (Fsp3) is 0.500. The number of halogens is 4. The summed E-state index contributed by atoms with van der Waals surface area (Å²) in [7, 11) is 0. The third-order valence-electron chi connectivity index (χ3n) is 6.70. The molecule has 0 radical (unpaired) electrons. The van der Waals surface area contributed by atoms with Crippen LogP contribution in [-0.4, -0.2) is 25.1 Å². The van der Waals surface area contributed by atoms with E-state index in [0.717, 1.165) is 49.8 Å². The summed E-state index contributed by atoms with van der Waals surface area (Å²) in [5, 5.41) is 3.63. The molecule has 3 aliphatic rings. The Morgan fingerprint density at radius 3 is 2.48 bits per heavy atom. The minimum atomic E-state index is -4.68. The lowest BCUT2D eigenvalue weighted by Gasteiger charge is -2.41. The smallest absolute Gasteiger partial charge is 0.406 e. The molecule has 0 unspecified atom stereocenters. The molecule has 7 heteroatoms. The lowest BCUT2D eigenvalue weighted by molar-refractivity contribution is -0.274. The average Bonchev–Trinajstić information content (AvgIpc) is 3.49. The van der Waals surface area contributed by atoms with Crippen LogP contribution in [0.4, 0.5) is 13.2 Å². The predicted molar refractivity (Wildman–Crippen MR) is 115 cm³/mol. The highest BCUT2D eigenvalue weighted by atomic mass is 35.5. The summed E-state index contributed by atoms with van der Waals surface area (Å²) < 4.78 is 49.1. The Bertz CT molecular complexity index is 903. The van der Waals surface area contributed by atoms with Crippen LogP contribution in [0.15, 0.2) is 48.5 Å². The van der Waals surface area contributed by atoms with E-state index in [0.29, 0.717) is 12.5 Å². The third-order valence-corrected chi connectivity index (χ3v) is 6.70. The van der Waals surface area contributed by atoms with Crippen molar-refractivity contribution in [1.82, 2.24) is 5.32 Å². The zero-order chi connectivity index (χ0) is 20.8. The van der Waals surface area contributed by atoms with E-state index in [1.807, 2.05) is 24.3 Å². The van der Waals surface area contributed by atoms with E-state index in [-0.39, 0.29) is 35.7 Å². The van der Waals surface area contributed by atoms with Crippen molar-refractivity contribution in [3.8, 4) is 5.75 Å². The number of benzene rings is 2. The van der Waals surface area contributed by atoms with Crippen molar-refractivity contribution in [2.24, 2.45) is 0 Å². The molecule has 0 aromatic heterocycles. The topological polar surface area (TPSA) is 30.5 Å². The maximum atomic E-state index is 12.8. The van der Waals surface area contributed by atoms with Crippen LogP contribution in [0.2, 0.25) is 0 Å². The second kappa shape index (κ2) is 8.64. The second-order valence-corrected chi connectivity index (χ2v) is 8.79. The number of hydrogen-bond donors (Lipinski definition) is 1. The molecule has 2 heterocycles. The first-order chi connectivity index (χ1) is 14.4. The molecular formula is C24H27ClF3NO2. The number of hydrogen-bond acceptors (Lipinski definition) is 3. The lowest BCUT2D eigenvalue weighted by atomic mass is 9.76. The molecule has 1 spiro atoms. The molecule has 1 aliphatic carbocycles. The summed E-state index contributed by atoms with van der Waals surface area (Å²) in [5.74, 6) is 0.388. The van der Waals surface area contributed by atoms with E-state index in [2.05, 4.69) is 22.2 Å². The first-order valence-electron chi connectivity index (χ1n) is 10.8. The highest BCUT2D eigenvalue weighted by molar-refractivity contribution is 5.85. The zero-order valence-electron chi connectivity index (χ0n) is 17.2. The van der Waals surface area contributed by atoms with Crippen molar-refractivity contribution in [2.75, 3.05) is 13.2 Å². The van der Waals surface area contributed by atoms with Gasteiger partial charge in [-0.3, -0.25) is 0 Å². The van der Waals surface area contributed by atoms with E-state index in [1.54, 1.807) is 6.07 Å². The molecule has 1 N–H and O–H groups in total. The Morgan fingerprint density at radius 2 is 1.77 bits per heavy atom. The largest absolute Gasteiger partial charge is 0.573 e. The quantitative estimate of drug-likeness (QED) is 0.593. The van der Waals surface area contributed by atoms with Crippen LogP contribution in [0, 0.1) is 0 Å². The molecule has 0 amide bonds. The van der Waals surface area contributed by atoms with Gasteiger partial charge < -0.3 is 14.8 Å². The molecule has 2 saturated heterocycles. The van der Waals surface area contributed by atoms with Crippen LogP contribution in [0.5, 0.6) is 5.75 Å². The van der Waals surface area contributed by atoms with Crippen molar-refractivity contribution in [2.45, 2.75) is 61.9 Å². The Labute approximate surface area is 186 Å². The summed E-state index contributed by atoms with van der Waals surface area (Å²) in [6.07, 6.45) is 0.293. The molecule has 2 aromatic carbocycles. The molecule has 31 heavy (non-hydrogen) atoms. The van der Waals surface area contributed by atoms with Crippen LogP contribution in [0.3, 0.4) is 0 Å². The van der Waals surface area contributed by atoms with Crippen LogP contribution < -0.4 is 10.1 Å². The van der Waals surface area contributed by atoms with Crippen LogP contribution in [-0.2, 0) is 4.74 Å². The second-order valence-electron chi connectivity index (χ2n) is 8.79. The Balaban J connectivity index is 0.00000231. The molecule has 3 atom stereocenters. The molecule has 3 nitrogen and oxygen atoms in total. The van der Waals surface area contributed by atoms with Gasteiger partial charge in [0.05, 0.1) is 18.2 Å². The Kier molecular flexibility index (Phi) is 6.25. The molecule has 168 valence electrons. The summed E-state index contributed by atoms with van der Waals surface area (Å²) in [4.78, 5) is 0. The van der Waals surface area contributed by atoms with E-state index < -0.39 is 6.36 Å². The van der Waals surface area contributed by atoms with Crippen molar-refractivity contribution in [3.63, 3.8) is 0 Å². The molecule has 1 saturated carbocycles. The van der Waals surface area contributed by atoms with Crippen LogP contribution in [0.1, 0.15) is 66.7 Å². The number of rotatable bonds is 4.